The maximum Gasteiger partial charge on any atom is 0.333 e. The molecule has 5 heterocycles. The second-order valence-electron chi connectivity index (χ2n) is 15.8. The molecule has 2 saturated carbocycles. The number of hydrogen-bond acceptors (Lipinski definition) is 9. The number of anilines is 2. The number of pyridine rings is 1. The Morgan fingerprint density at radius 3 is 2.17 bits per heavy atom. The van der Waals surface area contributed by atoms with E-state index in [1.165, 1.54) is 11.1 Å². The van der Waals surface area contributed by atoms with Crippen LogP contribution in [0, 0.1) is 12.8 Å². The Hall–Kier alpha value is -7.28. The highest BCUT2D eigenvalue weighted by Gasteiger charge is 2.53. The summed E-state index contributed by atoms with van der Waals surface area (Å²) in [6.45, 7) is 3.61. The van der Waals surface area contributed by atoms with Crippen molar-refractivity contribution < 1.29 is 19.1 Å². The maximum absolute atomic E-state index is 15.2. The first kappa shape index (κ1) is 37.0. The van der Waals surface area contributed by atoms with Crippen molar-refractivity contribution >= 4 is 35.0 Å². The molecule has 1 saturated heterocycles. The molecule has 0 bridgehead atoms. The van der Waals surface area contributed by atoms with Crippen LogP contribution in [0.25, 0.3) is 5.65 Å². The second kappa shape index (κ2) is 14.8. The molecule has 60 heavy (non-hydrogen) atoms. The van der Waals surface area contributed by atoms with Crippen LogP contribution >= 0.6 is 0 Å². The normalized spacial score (nSPS) is 18.2. The molecule has 7 aromatic rings. The highest BCUT2D eigenvalue weighted by molar-refractivity contribution is 6.15. The lowest BCUT2D eigenvalue weighted by Crippen LogP contribution is -2.52. The molecule has 4 amide bonds. The van der Waals surface area contributed by atoms with E-state index < -0.39 is 17.7 Å². The van der Waals surface area contributed by atoms with Gasteiger partial charge in [0.1, 0.15) is 29.8 Å². The van der Waals surface area contributed by atoms with E-state index in [1.807, 2.05) is 128 Å². The Morgan fingerprint density at radius 1 is 0.867 bits per heavy atom. The van der Waals surface area contributed by atoms with E-state index in [0.717, 1.165) is 40.8 Å². The largest absolute Gasteiger partial charge is 0.483 e. The number of imide groups is 1. The van der Waals surface area contributed by atoms with Crippen LogP contribution in [0.2, 0.25) is 0 Å². The summed E-state index contributed by atoms with van der Waals surface area (Å²) >= 11 is 0. The van der Waals surface area contributed by atoms with Gasteiger partial charge in [0, 0.05) is 42.2 Å². The minimum atomic E-state index is -1.26. The van der Waals surface area contributed by atoms with E-state index in [4.69, 9.17) is 9.72 Å². The van der Waals surface area contributed by atoms with Gasteiger partial charge in [0.05, 0.1) is 17.6 Å². The van der Waals surface area contributed by atoms with Crippen molar-refractivity contribution in [2.75, 3.05) is 16.8 Å². The summed E-state index contributed by atoms with van der Waals surface area (Å²) in [7, 11) is 0. The van der Waals surface area contributed by atoms with E-state index in [9.17, 15) is 9.59 Å². The summed E-state index contributed by atoms with van der Waals surface area (Å²) in [5.41, 5.74) is 4.72. The van der Waals surface area contributed by atoms with Gasteiger partial charge in [-0.3, -0.25) is 14.5 Å². The fourth-order valence-corrected chi connectivity index (χ4v) is 8.48. The third-order valence-electron chi connectivity index (χ3n) is 11.7. The van der Waals surface area contributed by atoms with Crippen LogP contribution in [0.3, 0.4) is 0 Å². The van der Waals surface area contributed by atoms with Crippen molar-refractivity contribution in [2.45, 2.75) is 56.6 Å². The van der Waals surface area contributed by atoms with Crippen LogP contribution in [0.15, 0.2) is 134 Å². The Labute approximate surface area is 346 Å². The average Bonchev–Trinajstić information content (AvgIpc) is 4.21. The zero-order valence-corrected chi connectivity index (χ0v) is 33.1. The number of rotatable bonds is 12. The van der Waals surface area contributed by atoms with Gasteiger partial charge in [-0.25, -0.2) is 24.6 Å². The summed E-state index contributed by atoms with van der Waals surface area (Å²) in [4.78, 5) is 59.8. The molecular weight excluding hydrogens is 755 g/mol. The molecule has 3 unspecified atom stereocenters. The number of hydrogen-bond donors (Lipinski definition) is 1. The number of carbonyl (C=O) groups is 3. The van der Waals surface area contributed by atoms with Crippen LogP contribution in [0.4, 0.5) is 16.3 Å². The second-order valence-corrected chi connectivity index (χ2v) is 15.8. The maximum atomic E-state index is 15.2. The van der Waals surface area contributed by atoms with E-state index in [-0.39, 0.29) is 36.0 Å². The first-order chi connectivity index (χ1) is 29.3. The number of carbonyl (C=O) groups excluding carboxylic acids is 3. The molecule has 3 atom stereocenters. The average molecular weight is 796 g/mol. The van der Waals surface area contributed by atoms with E-state index in [0.29, 0.717) is 40.9 Å². The van der Waals surface area contributed by atoms with E-state index in [2.05, 4.69) is 31.7 Å². The number of benzene rings is 3. The topological polar surface area (TPSA) is 148 Å². The van der Waals surface area contributed by atoms with Gasteiger partial charge in [-0.15, -0.1) is 5.10 Å². The molecule has 13 nitrogen and oxygen atoms in total. The number of aryl methyl sites for hydroxylation is 1. The van der Waals surface area contributed by atoms with Gasteiger partial charge in [-0.2, -0.15) is 5.10 Å². The molecule has 2 aliphatic carbocycles. The van der Waals surface area contributed by atoms with Crippen molar-refractivity contribution in [2.24, 2.45) is 5.92 Å². The van der Waals surface area contributed by atoms with Gasteiger partial charge < -0.3 is 14.5 Å². The first-order valence-electron chi connectivity index (χ1n) is 20.2. The zero-order chi connectivity index (χ0) is 41.0. The molecule has 1 aliphatic heterocycles. The molecule has 3 aliphatic rings. The standard InChI is InChI=1S/C47H41N9O4/c1-29-20-21-48-43(50-29)37-24-38(37)45(58)52-41-23-36(25-49-53-41)60-30(2)39-27-54-26-32(31-18-19-31)22-40(44(54)51-39)55-28-42(57)56(46(55)59)47(33-12-6-3-7-13-33,34-14-8-4-9-15-34)35-16-10-5-11-17-35/h3-17,20-23,25-27,30-31,37-38H,18-19,24,28H2,1-2H3,(H,52,53,58). The summed E-state index contributed by atoms with van der Waals surface area (Å²) in [6.07, 6.45) is 9.34. The predicted octanol–water partition coefficient (Wildman–Crippen LogP) is 7.74. The van der Waals surface area contributed by atoms with Crippen molar-refractivity contribution in [3.8, 4) is 5.75 Å². The third kappa shape index (κ3) is 6.61. The lowest BCUT2D eigenvalue weighted by molar-refractivity contribution is -0.127. The fraction of sp³-hybridized carbons (Fsp3) is 0.234. The highest BCUT2D eigenvalue weighted by Crippen LogP contribution is 2.48. The van der Waals surface area contributed by atoms with Crippen LogP contribution in [-0.2, 0) is 15.1 Å². The number of ether oxygens (including phenoxy) is 1. The summed E-state index contributed by atoms with van der Waals surface area (Å²) in [5, 5.41) is 11.1. The van der Waals surface area contributed by atoms with Crippen LogP contribution < -0.4 is 15.0 Å². The molecule has 0 radical (unpaired) electrons. The summed E-state index contributed by atoms with van der Waals surface area (Å²) in [5.74, 6) is 0.898. The van der Waals surface area contributed by atoms with Crippen molar-refractivity contribution in [3.05, 3.63) is 173 Å². The summed E-state index contributed by atoms with van der Waals surface area (Å²) < 4.78 is 8.27. The molecule has 298 valence electrons. The number of imidazole rings is 1. The summed E-state index contributed by atoms with van der Waals surface area (Å²) in [6, 6.07) is 34.2. The van der Waals surface area contributed by atoms with Crippen molar-refractivity contribution in [3.63, 3.8) is 0 Å². The number of nitrogens with one attached hydrogen (secondary N) is 1. The number of fused-ring (bicyclic) bond motifs is 1. The number of nitrogens with zero attached hydrogens (tertiary/aromatic N) is 8. The predicted molar refractivity (Wildman–Crippen MR) is 223 cm³/mol. The lowest BCUT2D eigenvalue weighted by Gasteiger charge is -2.42. The van der Waals surface area contributed by atoms with Crippen molar-refractivity contribution in [1.82, 2.24) is 34.4 Å². The molecule has 3 aromatic carbocycles. The third-order valence-corrected chi connectivity index (χ3v) is 11.7. The SMILES string of the molecule is Cc1ccnc(C2CC2C(=O)Nc2cc(OC(C)c3cn4cc(C5CC5)cc(N5CC(=O)N(C(c6ccccc6)(c6ccccc6)c6ccccc6)C5=O)c4n3)cnn2)n1. The molecule has 13 heteroatoms. The van der Waals surface area contributed by atoms with Gasteiger partial charge >= 0.3 is 6.03 Å². The Morgan fingerprint density at radius 2 is 1.53 bits per heavy atom. The Kier molecular flexibility index (Phi) is 9.15. The highest BCUT2D eigenvalue weighted by atomic mass is 16.5. The molecule has 4 aromatic heterocycles. The first-order valence-corrected chi connectivity index (χ1v) is 20.2. The lowest BCUT2D eigenvalue weighted by atomic mass is 9.75. The minimum absolute atomic E-state index is 0.0335. The van der Waals surface area contributed by atoms with Gasteiger partial charge in [0.25, 0.3) is 5.91 Å². The van der Waals surface area contributed by atoms with E-state index in [1.54, 1.807) is 17.2 Å². The number of amides is 4. The monoisotopic (exact) mass is 795 g/mol. The van der Waals surface area contributed by atoms with Gasteiger partial charge in [-0.1, -0.05) is 91.0 Å². The van der Waals surface area contributed by atoms with Gasteiger partial charge in [0.2, 0.25) is 5.91 Å². The Bertz CT molecular complexity index is 2660. The van der Waals surface area contributed by atoms with Crippen LogP contribution in [0.5, 0.6) is 5.75 Å². The number of urea groups is 1. The molecule has 1 N–H and O–H groups in total. The van der Waals surface area contributed by atoms with Crippen molar-refractivity contribution in [1.29, 1.82) is 0 Å². The van der Waals surface area contributed by atoms with Gasteiger partial charge in [0.15, 0.2) is 11.5 Å². The smallest absolute Gasteiger partial charge is 0.333 e. The molecule has 3 fully saturated rings. The fourth-order valence-electron chi connectivity index (χ4n) is 8.48. The quantitative estimate of drug-likeness (QED) is 0.0969. The number of aromatic nitrogens is 6. The van der Waals surface area contributed by atoms with Crippen LogP contribution in [-0.4, -0.2) is 58.8 Å². The minimum Gasteiger partial charge on any atom is -0.483 e. The van der Waals surface area contributed by atoms with E-state index >= 15 is 4.79 Å². The molecule has 0 spiro atoms. The van der Waals surface area contributed by atoms with Gasteiger partial charge in [-0.05, 0) is 73.4 Å². The Balaban J connectivity index is 0.956. The molecular formula is C47H41N9O4. The molecule has 10 rings (SSSR count). The van der Waals surface area contributed by atoms with Crippen LogP contribution in [0.1, 0.15) is 83.6 Å². The zero-order valence-electron chi connectivity index (χ0n) is 33.1.